The molecule has 0 aromatic carbocycles. The van der Waals surface area contributed by atoms with Gasteiger partial charge in [0.2, 0.25) is 0 Å². The van der Waals surface area contributed by atoms with Crippen LogP contribution in [0.3, 0.4) is 0 Å². The lowest BCUT2D eigenvalue weighted by Crippen LogP contribution is -2.32. The maximum Gasteiger partial charge on any atom is 0.325 e. The Morgan fingerprint density at radius 1 is 1.43 bits per heavy atom. The maximum atomic E-state index is 11.8. The van der Waals surface area contributed by atoms with Crippen LogP contribution in [-0.2, 0) is 11.3 Å². The molecule has 0 saturated carbocycles. The molecule has 21 heavy (non-hydrogen) atoms. The van der Waals surface area contributed by atoms with Gasteiger partial charge in [-0.05, 0) is 12.3 Å². The summed E-state index contributed by atoms with van der Waals surface area (Å²) in [6.07, 6.45) is 7.40. The average molecular weight is 296 g/mol. The minimum Gasteiger partial charge on any atom is -0.480 e. The Bertz CT molecular complexity index is 459. The van der Waals surface area contributed by atoms with E-state index in [4.69, 9.17) is 5.11 Å². The van der Waals surface area contributed by atoms with Crippen molar-refractivity contribution < 1.29 is 14.7 Å². The molecule has 0 spiro atoms. The molecule has 1 unspecified atom stereocenters. The number of carboxylic acid groups (broad SMARTS) is 1. The zero-order chi connectivity index (χ0) is 15.7. The van der Waals surface area contributed by atoms with Crippen LogP contribution >= 0.6 is 0 Å². The van der Waals surface area contributed by atoms with E-state index in [1.807, 2.05) is 0 Å². The Morgan fingerprint density at radius 3 is 2.81 bits per heavy atom. The van der Waals surface area contributed by atoms with Crippen LogP contribution in [0.5, 0.6) is 0 Å². The maximum absolute atomic E-state index is 11.8. The highest BCUT2D eigenvalue weighted by Crippen LogP contribution is 2.11. The molecule has 7 nitrogen and oxygen atoms in total. The molecule has 1 rings (SSSR count). The van der Waals surface area contributed by atoms with Gasteiger partial charge in [-0.1, -0.05) is 33.1 Å². The molecular formula is C14H24N4O3. The van der Waals surface area contributed by atoms with E-state index in [0.29, 0.717) is 18.2 Å². The molecule has 118 valence electrons. The Balaban J connectivity index is 2.35. The molecule has 1 aromatic heterocycles. The number of hydrogen-bond donors (Lipinski definition) is 3. The molecule has 7 heteroatoms. The number of aromatic nitrogens is 2. The van der Waals surface area contributed by atoms with E-state index < -0.39 is 5.97 Å². The number of rotatable bonds is 9. The Morgan fingerprint density at radius 2 is 2.19 bits per heavy atom. The number of nitrogens with one attached hydrogen (secondary N) is 2. The predicted octanol–water partition coefficient (Wildman–Crippen LogP) is 2.31. The van der Waals surface area contributed by atoms with Gasteiger partial charge in [-0.2, -0.15) is 5.10 Å². The van der Waals surface area contributed by atoms with Crippen LogP contribution in [0.15, 0.2) is 12.4 Å². The first-order valence-electron chi connectivity index (χ1n) is 7.34. The summed E-state index contributed by atoms with van der Waals surface area (Å²) in [5.41, 5.74) is 0.482. The third-order valence-electron chi connectivity index (χ3n) is 3.28. The highest BCUT2D eigenvalue weighted by Gasteiger charge is 2.09. The molecule has 1 atom stereocenters. The monoisotopic (exact) mass is 296 g/mol. The zero-order valence-electron chi connectivity index (χ0n) is 12.6. The Kier molecular flexibility index (Phi) is 7.28. The van der Waals surface area contributed by atoms with Gasteiger partial charge in [-0.3, -0.25) is 9.48 Å². The molecule has 0 aliphatic carbocycles. The van der Waals surface area contributed by atoms with E-state index in [2.05, 4.69) is 29.6 Å². The van der Waals surface area contributed by atoms with Crippen LogP contribution in [0.25, 0.3) is 0 Å². The second kappa shape index (κ2) is 8.99. The van der Waals surface area contributed by atoms with Gasteiger partial charge in [0.1, 0.15) is 6.54 Å². The lowest BCUT2D eigenvalue weighted by atomic mass is 9.99. The van der Waals surface area contributed by atoms with Crippen LogP contribution in [-0.4, -0.2) is 33.4 Å². The molecule has 0 aliphatic rings. The molecule has 0 fully saturated rings. The number of carbonyl (C=O) groups excluding carboxylic acids is 1. The lowest BCUT2D eigenvalue weighted by Gasteiger charge is -2.15. The SMILES string of the molecule is CCCCC(CC)CNC(=O)Nc1cnn(CC(=O)O)c1. The summed E-state index contributed by atoms with van der Waals surface area (Å²) in [5, 5.41) is 18.0. The largest absolute Gasteiger partial charge is 0.480 e. The quantitative estimate of drug-likeness (QED) is 0.651. The normalized spacial score (nSPS) is 11.9. The summed E-state index contributed by atoms with van der Waals surface area (Å²) in [4.78, 5) is 22.3. The first-order valence-corrected chi connectivity index (χ1v) is 7.34. The molecule has 0 saturated heterocycles. The molecule has 1 aromatic rings. The Labute approximate surface area is 124 Å². The third kappa shape index (κ3) is 6.78. The number of unbranched alkanes of at least 4 members (excludes halogenated alkanes) is 1. The number of hydrogen-bond acceptors (Lipinski definition) is 3. The fraction of sp³-hybridized carbons (Fsp3) is 0.643. The number of carbonyl (C=O) groups is 2. The van der Waals surface area contributed by atoms with Gasteiger partial charge < -0.3 is 15.7 Å². The zero-order valence-corrected chi connectivity index (χ0v) is 12.6. The Hall–Kier alpha value is -2.05. The highest BCUT2D eigenvalue weighted by molar-refractivity contribution is 5.88. The van der Waals surface area contributed by atoms with Gasteiger partial charge in [-0.25, -0.2) is 4.79 Å². The van der Waals surface area contributed by atoms with E-state index in [-0.39, 0.29) is 12.6 Å². The van der Waals surface area contributed by atoms with Crippen LogP contribution in [0.1, 0.15) is 39.5 Å². The summed E-state index contributed by atoms with van der Waals surface area (Å²) in [5.74, 6) is -0.485. The van der Waals surface area contributed by atoms with Crippen molar-refractivity contribution in [2.24, 2.45) is 5.92 Å². The number of carboxylic acids is 1. The molecule has 0 bridgehead atoms. The van der Waals surface area contributed by atoms with E-state index in [1.54, 1.807) is 0 Å². The standard InChI is InChI=1S/C14H24N4O3/c1-3-5-6-11(4-2)7-15-14(21)17-12-8-16-18(9-12)10-13(19)20/h8-9,11H,3-7,10H2,1-2H3,(H,19,20)(H2,15,17,21). The van der Waals surface area contributed by atoms with E-state index in [9.17, 15) is 9.59 Å². The number of nitrogens with zero attached hydrogens (tertiary/aromatic N) is 2. The van der Waals surface area contributed by atoms with Crippen molar-refractivity contribution in [3.63, 3.8) is 0 Å². The van der Waals surface area contributed by atoms with Crippen molar-refractivity contribution in [3.05, 3.63) is 12.4 Å². The summed E-state index contributed by atoms with van der Waals surface area (Å²) < 4.78 is 1.26. The van der Waals surface area contributed by atoms with Crippen molar-refractivity contribution in [3.8, 4) is 0 Å². The number of amides is 2. The van der Waals surface area contributed by atoms with E-state index in [0.717, 1.165) is 19.3 Å². The molecule has 1 heterocycles. The summed E-state index contributed by atoms with van der Waals surface area (Å²) in [6.45, 7) is 4.70. The van der Waals surface area contributed by atoms with Gasteiger partial charge in [0.25, 0.3) is 0 Å². The molecular weight excluding hydrogens is 272 g/mol. The average Bonchev–Trinajstić information content (AvgIpc) is 2.85. The first-order chi connectivity index (χ1) is 10.0. The third-order valence-corrected chi connectivity index (χ3v) is 3.28. The number of urea groups is 1. The molecule has 0 radical (unpaired) electrons. The summed E-state index contributed by atoms with van der Waals surface area (Å²) in [6, 6.07) is -0.292. The van der Waals surface area contributed by atoms with Gasteiger partial charge in [0.05, 0.1) is 11.9 Å². The fourth-order valence-electron chi connectivity index (χ4n) is 2.01. The van der Waals surface area contributed by atoms with Crippen LogP contribution in [0, 0.1) is 5.92 Å². The minimum atomic E-state index is -0.976. The van der Waals surface area contributed by atoms with Gasteiger partial charge in [-0.15, -0.1) is 0 Å². The lowest BCUT2D eigenvalue weighted by molar-refractivity contribution is -0.137. The van der Waals surface area contributed by atoms with Crippen LogP contribution in [0.2, 0.25) is 0 Å². The minimum absolute atomic E-state index is 0.224. The van der Waals surface area contributed by atoms with Crippen molar-refractivity contribution in [2.75, 3.05) is 11.9 Å². The predicted molar refractivity (Wildman–Crippen MR) is 80.2 cm³/mol. The van der Waals surface area contributed by atoms with E-state index in [1.165, 1.54) is 23.5 Å². The number of aliphatic carboxylic acids is 1. The van der Waals surface area contributed by atoms with Crippen LogP contribution in [0.4, 0.5) is 10.5 Å². The second-order valence-electron chi connectivity index (χ2n) is 5.07. The topological polar surface area (TPSA) is 96.3 Å². The molecule has 0 aliphatic heterocycles. The van der Waals surface area contributed by atoms with Gasteiger partial charge in [0, 0.05) is 12.7 Å². The van der Waals surface area contributed by atoms with Crippen molar-refractivity contribution >= 4 is 17.7 Å². The molecule has 3 N–H and O–H groups in total. The number of anilines is 1. The summed E-state index contributed by atoms with van der Waals surface area (Å²) >= 11 is 0. The van der Waals surface area contributed by atoms with E-state index >= 15 is 0 Å². The van der Waals surface area contributed by atoms with Crippen molar-refractivity contribution in [1.29, 1.82) is 0 Å². The van der Waals surface area contributed by atoms with Gasteiger partial charge >= 0.3 is 12.0 Å². The van der Waals surface area contributed by atoms with Gasteiger partial charge in [0.15, 0.2) is 0 Å². The second-order valence-corrected chi connectivity index (χ2v) is 5.07. The first kappa shape index (κ1) is 17.0. The molecule has 2 amide bonds. The summed E-state index contributed by atoms with van der Waals surface area (Å²) in [7, 11) is 0. The highest BCUT2D eigenvalue weighted by atomic mass is 16.4. The smallest absolute Gasteiger partial charge is 0.325 e. The van der Waals surface area contributed by atoms with Crippen molar-refractivity contribution in [1.82, 2.24) is 15.1 Å². The van der Waals surface area contributed by atoms with Crippen molar-refractivity contribution in [2.45, 2.75) is 46.1 Å². The fourth-order valence-corrected chi connectivity index (χ4v) is 2.01. The van der Waals surface area contributed by atoms with Crippen LogP contribution < -0.4 is 10.6 Å².